The zero-order valence-electron chi connectivity index (χ0n) is 12.6. The first-order valence-corrected chi connectivity index (χ1v) is 8.65. The Balaban J connectivity index is 1.46. The minimum absolute atomic E-state index is 0.0874. The van der Waals surface area contributed by atoms with Crippen LogP contribution in [0.5, 0.6) is 0 Å². The fourth-order valence-electron chi connectivity index (χ4n) is 3.76. The molecule has 0 aromatic carbocycles. The summed E-state index contributed by atoms with van der Waals surface area (Å²) in [6.07, 6.45) is 2.08. The summed E-state index contributed by atoms with van der Waals surface area (Å²) in [6.45, 7) is 4.67. The second-order valence-corrected chi connectivity index (χ2v) is 6.79. The maximum atomic E-state index is 12.6. The van der Waals surface area contributed by atoms with Crippen molar-refractivity contribution < 1.29 is 9.21 Å². The molecule has 0 aliphatic carbocycles. The van der Waals surface area contributed by atoms with Crippen LogP contribution < -0.4 is 0 Å². The average Bonchev–Trinajstić information content (AvgIpc) is 3.24. The van der Waals surface area contributed by atoms with Crippen LogP contribution in [0.1, 0.15) is 34.9 Å². The van der Waals surface area contributed by atoms with Crippen molar-refractivity contribution in [3.8, 4) is 0 Å². The monoisotopic (exact) mass is 317 g/mol. The van der Waals surface area contributed by atoms with Crippen molar-refractivity contribution in [3.63, 3.8) is 0 Å². The van der Waals surface area contributed by atoms with Gasteiger partial charge >= 0.3 is 0 Å². The molecule has 2 fully saturated rings. The van der Waals surface area contributed by atoms with Crippen molar-refractivity contribution in [2.75, 3.05) is 13.1 Å². The zero-order valence-corrected chi connectivity index (χ0v) is 13.4. The largest absolute Gasteiger partial charge is 0.465 e. The number of carbonyl (C=O) groups is 1. The number of furan rings is 1. The summed E-state index contributed by atoms with van der Waals surface area (Å²) in [7, 11) is 0. The molecule has 0 saturated carbocycles. The summed E-state index contributed by atoms with van der Waals surface area (Å²) in [4.78, 5) is 21.2. The van der Waals surface area contributed by atoms with Gasteiger partial charge in [-0.25, -0.2) is 4.98 Å². The fourth-order valence-corrected chi connectivity index (χ4v) is 4.29. The fraction of sp³-hybridized carbons (Fsp3) is 0.500. The number of carbonyl (C=O) groups excluding carboxylic acids is 1. The van der Waals surface area contributed by atoms with Gasteiger partial charge in [0.15, 0.2) is 0 Å². The van der Waals surface area contributed by atoms with E-state index in [1.165, 1.54) is 11.3 Å². The van der Waals surface area contributed by atoms with E-state index in [0.29, 0.717) is 17.8 Å². The Hall–Kier alpha value is -1.66. The van der Waals surface area contributed by atoms with Crippen molar-refractivity contribution >= 4 is 17.2 Å². The van der Waals surface area contributed by atoms with Gasteiger partial charge in [0.2, 0.25) is 0 Å². The molecule has 0 bridgehead atoms. The molecule has 2 atom stereocenters. The minimum atomic E-state index is 0.0874. The predicted octanol–water partition coefficient (Wildman–Crippen LogP) is 2.53. The molecule has 4 heterocycles. The Bertz CT molecular complexity index is 667. The summed E-state index contributed by atoms with van der Waals surface area (Å²) in [5, 5.41) is 1.84. The Labute approximate surface area is 133 Å². The quantitative estimate of drug-likeness (QED) is 0.873. The first kappa shape index (κ1) is 14.0. The summed E-state index contributed by atoms with van der Waals surface area (Å²) in [5.41, 5.74) is 2.31. The van der Waals surface area contributed by atoms with Crippen LogP contribution in [0.3, 0.4) is 0 Å². The first-order valence-electron chi connectivity index (χ1n) is 7.71. The molecule has 116 valence electrons. The highest BCUT2D eigenvalue weighted by Gasteiger charge is 2.44. The maximum Gasteiger partial charge on any atom is 0.273 e. The third kappa shape index (κ3) is 2.36. The van der Waals surface area contributed by atoms with E-state index in [-0.39, 0.29) is 5.91 Å². The molecule has 0 unspecified atom stereocenters. The Morgan fingerprint density at radius 2 is 2.23 bits per heavy atom. The van der Waals surface area contributed by atoms with Crippen LogP contribution in [0.4, 0.5) is 0 Å². The van der Waals surface area contributed by atoms with Crippen LogP contribution in [0, 0.1) is 6.92 Å². The number of aryl methyl sites for hydroxylation is 1. The molecule has 1 amide bonds. The van der Waals surface area contributed by atoms with Gasteiger partial charge in [0.1, 0.15) is 17.2 Å². The molecule has 4 rings (SSSR count). The number of nitrogens with zero attached hydrogens (tertiary/aromatic N) is 3. The van der Waals surface area contributed by atoms with E-state index in [0.717, 1.165) is 44.0 Å². The number of hydrogen-bond acceptors (Lipinski definition) is 5. The van der Waals surface area contributed by atoms with E-state index in [2.05, 4.69) is 16.0 Å². The van der Waals surface area contributed by atoms with E-state index in [1.807, 2.05) is 23.3 Å². The number of likely N-dealkylation sites (tertiary alicyclic amines) is 2. The van der Waals surface area contributed by atoms with Crippen LogP contribution in [0.2, 0.25) is 0 Å². The van der Waals surface area contributed by atoms with Crippen molar-refractivity contribution in [3.05, 3.63) is 40.2 Å². The van der Waals surface area contributed by atoms with Gasteiger partial charge in [-0.15, -0.1) is 11.3 Å². The summed E-state index contributed by atoms with van der Waals surface area (Å²) in [5.74, 6) is 2.06. The highest BCUT2D eigenvalue weighted by Crippen LogP contribution is 2.33. The third-order valence-electron chi connectivity index (χ3n) is 4.76. The number of amides is 1. The number of thiazole rings is 1. The molecular formula is C16H19N3O2S. The topological polar surface area (TPSA) is 49.6 Å². The maximum absolute atomic E-state index is 12.6. The van der Waals surface area contributed by atoms with Gasteiger partial charge in [0.05, 0.1) is 12.1 Å². The number of aromatic nitrogens is 1. The lowest BCUT2D eigenvalue weighted by Crippen LogP contribution is -2.39. The second-order valence-electron chi connectivity index (χ2n) is 6.07. The summed E-state index contributed by atoms with van der Waals surface area (Å²) >= 11 is 1.48. The molecule has 6 heteroatoms. The lowest BCUT2D eigenvalue weighted by molar-refractivity contribution is 0.0726. The van der Waals surface area contributed by atoms with Gasteiger partial charge in [-0.05, 0) is 31.9 Å². The van der Waals surface area contributed by atoms with Crippen LogP contribution in [0.25, 0.3) is 0 Å². The Morgan fingerprint density at radius 3 is 2.95 bits per heavy atom. The second kappa shape index (κ2) is 5.52. The number of rotatable bonds is 3. The van der Waals surface area contributed by atoms with Crippen LogP contribution >= 0.6 is 11.3 Å². The molecule has 22 heavy (non-hydrogen) atoms. The molecule has 2 aliphatic rings. The Morgan fingerprint density at radius 1 is 1.36 bits per heavy atom. The lowest BCUT2D eigenvalue weighted by atomic mass is 10.1. The van der Waals surface area contributed by atoms with Crippen molar-refractivity contribution in [1.29, 1.82) is 0 Å². The number of hydrogen-bond donors (Lipinski definition) is 0. The zero-order chi connectivity index (χ0) is 15.1. The van der Waals surface area contributed by atoms with Crippen LogP contribution in [-0.2, 0) is 6.54 Å². The van der Waals surface area contributed by atoms with E-state index in [4.69, 9.17) is 4.42 Å². The van der Waals surface area contributed by atoms with E-state index in [9.17, 15) is 4.79 Å². The van der Waals surface area contributed by atoms with Crippen molar-refractivity contribution in [2.24, 2.45) is 0 Å². The standard InChI is InChI=1S/C16H19N3O2S/c1-11-2-3-12(21-11)8-18-6-4-15-14(18)5-7-19(15)16(20)13-9-22-10-17-13/h2-3,9-10,14-15H,4-8H2,1H3/t14-,15+/m0/s1. The van der Waals surface area contributed by atoms with Gasteiger partial charge in [0.25, 0.3) is 5.91 Å². The van der Waals surface area contributed by atoms with Crippen molar-refractivity contribution in [1.82, 2.24) is 14.8 Å². The molecular weight excluding hydrogens is 298 g/mol. The average molecular weight is 317 g/mol. The third-order valence-corrected chi connectivity index (χ3v) is 5.35. The molecule has 0 spiro atoms. The molecule has 2 aromatic rings. The van der Waals surface area contributed by atoms with Crippen LogP contribution in [-0.4, -0.2) is 45.9 Å². The molecule has 0 N–H and O–H groups in total. The van der Waals surface area contributed by atoms with Gasteiger partial charge in [-0.1, -0.05) is 0 Å². The van der Waals surface area contributed by atoms with E-state index >= 15 is 0 Å². The highest BCUT2D eigenvalue weighted by atomic mass is 32.1. The predicted molar refractivity (Wildman–Crippen MR) is 83.8 cm³/mol. The minimum Gasteiger partial charge on any atom is -0.465 e. The number of fused-ring (bicyclic) bond motifs is 1. The van der Waals surface area contributed by atoms with Gasteiger partial charge < -0.3 is 9.32 Å². The molecule has 2 aliphatic heterocycles. The highest BCUT2D eigenvalue weighted by molar-refractivity contribution is 7.07. The van der Waals surface area contributed by atoms with E-state index in [1.54, 1.807) is 5.51 Å². The van der Waals surface area contributed by atoms with Gasteiger partial charge in [0, 0.05) is 30.6 Å². The summed E-state index contributed by atoms with van der Waals surface area (Å²) in [6, 6.07) is 4.84. The normalized spacial score (nSPS) is 24.9. The molecule has 2 saturated heterocycles. The molecule has 5 nitrogen and oxygen atoms in total. The molecule has 0 radical (unpaired) electrons. The van der Waals surface area contributed by atoms with Gasteiger partial charge in [-0.2, -0.15) is 0 Å². The lowest BCUT2D eigenvalue weighted by Gasteiger charge is -2.24. The molecule has 2 aromatic heterocycles. The SMILES string of the molecule is Cc1ccc(CN2CC[C@@H]3[C@@H]2CCN3C(=O)c2cscn2)o1. The smallest absolute Gasteiger partial charge is 0.273 e. The first-order chi connectivity index (χ1) is 10.7. The van der Waals surface area contributed by atoms with Crippen LogP contribution in [0.15, 0.2) is 27.4 Å². The van der Waals surface area contributed by atoms with Gasteiger partial charge in [-0.3, -0.25) is 9.69 Å². The Kier molecular flexibility index (Phi) is 3.50. The summed E-state index contributed by atoms with van der Waals surface area (Å²) < 4.78 is 5.70. The van der Waals surface area contributed by atoms with Crippen molar-refractivity contribution in [2.45, 2.75) is 38.4 Å². The van der Waals surface area contributed by atoms with E-state index < -0.39 is 0 Å².